The van der Waals surface area contributed by atoms with E-state index in [2.05, 4.69) is 0 Å². The van der Waals surface area contributed by atoms with Gasteiger partial charge < -0.3 is 4.74 Å². The molecule has 0 amide bonds. The molecular weight excluding hydrogens is 343 g/mol. The predicted molar refractivity (Wildman–Crippen MR) is 94.2 cm³/mol. The Kier molecular flexibility index (Phi) is 6.42. The van der Waals surface area contributed by atoms with Crippen LogP contribution in [-0.2, 0) is 19.3 Å². The smallest absolute Gasteiger partial charge is 0.416 e. The summed E-state index contributed by atoms with van der Waals surface area (Å²) in [6.07, 6.45) is -4.33. The maximum Gasteiger partial charge on any atom is 0.416 e. The number of Topliss-reactive ketones (excluding diaryl/α,β-unsaturated/α-hetero) is 1. The first kappa shape index (κ1) is 20.0. The molecule has 2 aromatic carbocycles. The van der Waals surface area contributed by atoms with Crippen LogP contribution >= 0.6 is 0 Å². The highest BCUT2D eigenvalue weighted by Gasteiger charge is 2.29. The normalized spacial score (nSPS) is 11.7. The van der Waals surface area contributed by atoms with Gasteiger partial charge in [-0.05, 0) is 56.8 Å². The second kappa shape index (κ2) is 8.36. The summed E-state index contributed by atoms with van der Waals surface area (Å²) in [5, 5.41) is 0. The molecule has 0 aromatic heterocycles. The van der Waals surface area contributed by atoms with Gasteiger partial charge in [0.15, 0.2) is 5.78 Å². The van der Waals surface area contributed by atoms with E-state index in [9.17, 15) is 18.0 Å². The van der Waals surface area contributed by atoms with E-state index in [4.69, 9.17) is 4.74 Å². The fourth-order valence-corrected chi connectivity index (χ4v) is 2.68. The maximum atomic E-state index is 12.6. The highest BCUT2D eigenvalue weighted by Crippen LogP contribution is 2.29. The molecule has 2 aromatic rings. The number of ether oxygens (including phenoxy) is 1. The van der Waals surface area contributed by atoms with E-state index in [1.54, 1.807) is 18.2 Å². The number of carbonyl (C=O) groups is 1. The molecule has 0 unspecified atom stereocenters. The van der Waals surface area contributed by atoms with Crippen LogP contribution in [0.4, 0.5) is 13.2 Å². The minimum atomic E-state index is -4.33. The fourth-order valence-electron chi connectivity index (χ4n) is 2.68. The quantitative estimate of drug-likeness (QED) is 0.651. The molecule has 0 spiro atoms. The van der Waals surface area contributed by atoms with E-state index in [1.165, 1.54) is 19.1 Å². The monoisotopic (exact) mass is 365 g/mol. The van der Waals surface area contributed by atoms with Crippen LogP contribution in [0.2, 0.25) is 0 Å². The van der Waals surface area contributed by atoms with E-state index in [0.717, 1.165) is 23.3 Å². The lowest BCUT2D eigenvalue weighted by atomic mass is 10.1. The molecular formula is C20H22F3NO2. The lowest BCUT2D eigenvalue weighted by molar-refractivity contribution is -0.137. The molecule has 0 N–H and O–H groups in total. The zero-order chi connectivity index (χ0) is 19.3. The molecule has 0 radical (unpaired) electrons. The molecule has 0 aliphatic rings. The standard InChI is InChI=1S/C20H22F3NO2/c1-4-26-19-10-7-16(14(2)25)11-17(19)13-24(3)12-15-5-8-18(9-6-15)20(21,22)23/h5-11H,4,12-13H2,1-3H3. The summed E-state index contributed by atoms with van der Waals surface area (Å²) in [5.74, 6) is 0.677. The first-order valence-electron chi connectivity index (χ1n) is 8.32. The number of ketones is 1. The molecule has 0 saturated heterocycles. The molecule has 26 heavy (non-hydrogen) atoms. The molecule has 140 valence electrons. The zero-order valence-corrected chi connectivity index (χ0v) is 15.1. The number of hydrogen-bond acceptors (Lipinski definition) is 3. The van der Waals surface area contributed by atoms with Crippen molar-refractivity contribution < 1.29 is 22.7 Å². The fraction of sp³-hybridized carbons (Fsp3) is 0.350. The summed E-state index contributed by atoms with van der Waals surface area (Å²) in [4.78, 5) is 13.6. The third kappa shape index (κ3) is 5.33. The van der Waals surface area contributed by atoms with Crippen LogP contribution in [0, 0.1) is 0 Å². The van der Waals surface area contributed by atoms with Gasteiger partial charge in [0.1, 0.15) is 5.75 Å². The predicted octanol–water partition coefficient (Wildman–Crippen LogP) is 4.94. The van der Waals surface area contributed by atoms with Crippen molar-refractivity contribution in [3.63, 3.8) is 0 Å². The minimum absolute atomic E-state index is 0.0281. The van der Waals surface area contributed by atoms with Crippen LogP contribution in [0.5, 0.6) is 5.75 Å². The number of carbonyl (C=O) groups excluding carboxylic acids is 1. The van der Waals surface area contributed by atoms with Gasteiger partial charge in [-0.3, -0.25) is 9.69 Å². The summed E-state index contributed by atoms with van der Waals surface area (Å²) in [6.45, 7) is 4.89. The van der Waals surface area contributed by atoms with Gasteiger partial charge in [0.25, 0.3) is 0 Å². The van der Waals surface area contributed by atoms with Crippen molar-refractivity contribution in [2.75, 3.05) is 13.7 Å². The van der Waals surface area contributed by atoms with Crippen molar-refractivity contribution in [2.24, 2.45) is 0 Å². The molecule has 3 nitrogen and oxygen atoms in total. The summed E-state index contributed by atoms with van der Waals surface area (Å²) >= 11 is 0. The van der Waals surface area contributed by atoms with Gasteiger partial charge in [0.05, 0.1) is 12.2 Å². The number of rotatable bonds is 7. The van der Waals surface area contributed by atoms with Crippen molar-refractivity contribution in [2.45, 2.75) is 33.1 Å². The summed E-state index contributed by atoms with van der Waals surface area (Å²) in [6, 6.07) is 10.4. The van der Waals surface area contributed by atoms with Gasteiger partial charge in [0, 0.05) is 24.2 Å². The lowest BCUT2D eigenvalue weighted by Gasteiger charge is -2.20. The number of nitrogens with zero attached hydrogens (tertiary/aromatic N) is 1. The van der Waals surface area contributed by atoms with Crippen LogP contribution in [0.1, 0.15) is 40.9 Å². The Bertz CT molecular complexity index is 755. The number of hydrogen-bond donors (Lipinski definition) is 0. The Hall–Kier alpha value is -2.34. The van der Waals surface area contributed by atoms with Crippen molar-refractivity contribution in [3.05, 3.63) is 64.7 Å². The SMILES string of the molecule is CCOc1ccc(C(C)=O)cc1CN(C)Cc1ccc(C(F)(F)F)cc1. The van der Waals surface area contributed by atoms with Gasteiger partial charge in [-0.15, -0.1) is 0 Å². The van der Waals surface area contributed by atoms with E-state index in [0.29, 0.717) is 31.0 Å². The molecule has 0 fully saturated rings. The molecule has 0 atom stereocenters. The summed E-state index contributed by atoms with van der Waals surface area (Å²) in [7, 11) is 1.87. The number of alkyl halides is 3. The largest absolute Gasteiger partial charge is 0.494 e. The van der Waals surface area contributed by atoms with Crippen LogP contribution in [0.15, 0.2) is 42.5 Å². The third-order valence-electron chi connectivity index (χ3n) is 3.94. The Balaban J connectivity index is 2.12. The Morgan fingerprint density at radius 1 is 1.08 bits per heavy atom. The van der Waals surface area contributed by atoms with Gasteiger partial charge >= 0.3 is 6.18 Å². The van der Waals surface area contributed by atoms with Gasteiger partial charge in [-0.2, -0.15) is 13.2 Å². The van der Waals surface area contributed by atoms with Crippen molar-refractivity contribution in [1.29, 1.82) is 0 Å². The Labute approximate surface area is 151 Å². The minimum Gasteiger partial charge on any atom is -0.494 e. The van der Waals surface area contributed by atoms with Crippen LogP contribution in [0.25, 0.3) is 0 Å². The van der Waals surface area contributed by atoms with Crippen LogP contribution < -0.4 is 4.74 Å². The number of benzene rings is 2. The van der Waals surface area contributed by atoms with Gasteiger partial charge in [-0.25, -0.2) is 0 Å². The summed E-state index contributed by atoms with van der Waals surface area (Å²) in [5.41, 5.74) is 1.60. The highest BCUT2D eigenvalue weighted by molar-refractivity contribution is 5.94. The molecule has 2 rings (SSSR count). The van der Waals surface area contributed by atoms with Crippen molar-refractivity contribution >= 4 is 5.78 Å². The molecule has 6 heteroatoms. The highest BCUT2D eigenvalue weighted by atomic mass is 19.4. The van der Waals surface area contributed by atoms with E-state index in [1.807, 2.05) is 18.9 Å². The number of halogens is 3. The molecule has 0 bridgehead atoms. The van der Waals surface area contributed by atoms with E-state index in [-0.39, 0.29) is 5.78 Å². The topological polar surface area (TPSA) is 29.5 Å². The third-order valence-corrected chi connectivity index (χ3v) is 3.94. The molecule has 0 aliphatic carbocycles. The first-order valence-corrected chi connectivity index (χ1v) is 8.32. The van der Waals surface area contributed by atoms with Gasteiger partial charge in [0.2, 0.25) is 0 Å². The molecule has 0 saturated carbocycles. The molecule has 0 aliphatic heterocycles. The van der Waals surface area contributed by atoms with Crippen molar-refractivity contribution in [3.8, 4) is 5.75 Å². The van der Waals surface area contributed by atoms with Crippen molar-refractivity contribution in [1.82, 2.24) is 4.90 Å². The average molecular weight is 365 g/mol. The molecule has 0 heterocycles. The first-order chi connectivity index (χ1) is 12.2. The van der Waals surface area contributed by atoms with Crippen LogP contribution in [-0.4, -0.2) is 24.3 Å². The second-order valence-electron chi connectivity index (χ2n) is 6.18. The van der Waals surface area contributed by atoms with E-state index >= 15 is 0 Å². The average Bonchev–Trinajstić information content (AvgIpc) is 2.56. The van der Waals surface area contributed by atoms with Crippen LogP contribution in [0.3, 0.4) is 0 Å². The van der Waals surface area contributed by atoms with Gasteiger partial charge in [-0.1, -0.05) is 12.1 Å². The summed E-state index contributed by atoms with van der Waals surface area (Å²) < 4.78 is 43.5. The Morgan fingerprint density at radius 3 is 2.27 bits per heavy atom. The maximum absolute atomic E-state index is 12.6. The lowest BCUT2D eigenvalue weighted by Crippen LogP contribution is -2.18. The van der Waals surface area contributed by atoms with E-state index < -0.39 is 11.7 Å². The zero-order valence-electron chi connectivity index (χ0n) is 15.1. The second-order valence-corrected chi connectivity index (χ2v) is 6.18. The Morgan fingerprint density at radius 2 is 1.73 bits per heavy atom.